The van der Waals surface area contributed by atoms with E-state index in [1.54, 1.807) is 0 Å². The topological polar surface area (TPSA) is 38.7 Å². The van der Waals surface area contributed by atoms with Gasteiger partial charge in [-0.25, -0.2) is 0 Å². The van der Waals surface area contributed by atoms with Gasteiger partial charge in [0.15, 0.2) is 5.79 Å². The van der Waals surface area contributed by atoms with Gasteiger partial charge in [0.05, 0.1) is 18.8 Å². The molecule has 2 unspecified atom stereocenters. The summed E-state index contributed by atoms with van der Waals surface area (Å²) in [6, 6.07) is 0. The lowest BCUT2D eigenvalue weighted by atomic mass is 9.70. The molecule has 2 aliphatic rings. The van der Waals surface area contributed by atoms with Crippen LogP contribution < -0.4 is 0 Å². The van der Waals surface area contributed by atoms with Crippen LogP contribution in [0.1, 0.15) is 52.9 Å². The summed E-state index contributed by atoms with van der Waals surface area (Å²) in [5, 5.41) is 10.8. The van der Waals surface area contributed by atoms with Crippen molar-refractivity contribution in [1.82, 2.24) is 0 Å². The molecule has 0 aromatic heterocycles. The second kappa shape index (κ2) is 4.87. The van der Waals surface area contributed by atoms with Gasteiger partial charge in [-0.1, -0.05) is 27.2 Å². The first-order valence-electron chi connectivity index (χ1n) is 7.02. The molecule has 3 heteroatoms. The van der Waals surface area contributed by atoms with Crippen LogP contribution in [0, 0.1) is 11.8 Å². The van der Waals surface area contributed by atoms with Crippen LogP contribution in [0.3, 0.4) is 0 Å². The van der Waals surface area contributed by atoms with Gasteiger partial charge < -0.3 is 14.6 Å². The Morgan fingerprint density at radius 2 is 1.59 bits per heavy atom. The minimum atomic E-state index is -0.518. The lowest BCUT2D eigenvalue weighted by molar-refractivity contribution is -0.211. The van der Waals surface area contributed by atoms with Gasteiger partial charge in [0.2, 0.25) is 0 Å². The first-order chi connectivity index (χ1) is 8.01. The molecule has 17 heavy (non-hydrogen) atoms. The van der Waals surface area contributed by atoms with Gasteiger partial charge >= 0.3 is 0 Å². The van der Waals surface area contributed by atoms with Crippen molar-refractivity contribution in [3.63, 3.8) is 0 Å². The van der Waals surface area contributed by atoms with Gasteiger partial charge in [-0.2, -0.15) is 0 Å². The molecule has 3 nitrogen and oxygen atoms in total. The Kier molecular flexibility index (Phi) is 3.81. The molecule has 1 saturated heterocycles. The first kappa shape index (κ1) is 13.3. The quantitative estimate of drug-likeness (QED) is 0.827. The fourth-order valence-corrected chi connectivity index (χ4v) is 3.19. The molecule has 2 fully saturated rings. The van der Waals surface area contributed by atoms with E-state index in [0.29, 0.717) is 25.0 Å². The molecule has 2 rings (SSSR count). The summed E-state index contributed by atoms with van der Waals surface area (Å²) >= 11 is 0. The van der Waals surface area contributed by atoms with Crippen molar-refractivity contribution in [3.05, 3.63) is 0 Å². The van der Waals surface area contributed by atoms with Crippen molar-refractivity contribution < 1.29 is 14.6 Å². The van der Waals surface area contributed by atoms with E-state index >= 15 is 0 Å². The van der Waals surface area contributed by atoms with Crippen LogP contribution in [0.2, 0.25) is 0 Å². The third-order valence-electron chi connectivity index (χ3n) is 5.04. The average Bonchev–Trinajstić information content (AvgIpc) is 2.80. The van der Waals surface area contributed by atoms with Crippen LogP contribution in [0.15, 0.2) is 0 Å². The maximum atomic E-state index is 10.8. The Morgan fingerprint density at radius 3 is 2.06 bits per heavy atom. The second-order valence-corrected chi connectivity index (χ2v) is 5.89. The Bertz CT molecular complexity index is 248. The third kappa shape index (κ3) is 2.51. The van der Waals surface area contributed by atoms with Crippen molar-refractivity contribution in [2.45, 2.75) is 64.3 Å². The van der Waals surface area contributed by atoms with Crippen LogP contribution in [-0.4, -0.2) is 29.7 Å². The minimum Gasteiger partial charge on any atom is -0.390 e. The Hall–Kier alpha value is -0.120. The largest absolute Gasteiger partial charge is 0.390 e. The van der Waals surface area contributed by atoms with E-state index in [1.165, 1.54) is 0 Å². The molecule has 0 radical (unpaired) electrons. The van der Waals surface area contributed by atoms with E-state index < -0.39 is 5.60 Å². The highest BCUT2D eigenvalue weighted by atomic mass is 16.7. The fourth-order valence-electron chi connectivity index (χ4n) is 3.19. The normalized spacial score (nSPS) is 30.4. The first-order valence-corrected chi connectivity index (χ1v) is 7.02. The lowest BCUT2D eigenvalue weighted by Gasteiger charge is -2.45. The van der Waals surface area contributed by atoms with E-state index in [4.69, 9.17) is 9.47 Å². The molecular formula is C14H26O3. The second-order valence-electron chi connectivity index (χ2n) is 5.89. The number of hydrogen-bond acceptors (Lipinski definition) is 3. The molecule has 0 bridgehead atoms. The van der Waals surface area contributed by atoms with Gasteiger partial charge in [0.1, 0.15) is 0 Å². The molecule has 2 atom stereocenters. The van der Waals surface area contributed by atoms with Gasteiger partial charge in [0, 0.05) is 12.8 Å². The summed E-state index contributed by atoms with van der Waals surface area (Å²) in [4.78, 5) is 0. The monoisotopic (exact) mass is 242 g/mol. The highest BCUT2D eigenvalue weighted by Gasteiger charge is 2.48. The van der Waals surface area contributed by atoms with E-state index in [9.17, 15) is 5.11 Å². The molecule has 0 amide bonds. The summed E-state index contributed by atoms with van der Waals surface area (Å²) in [6.07, 6.45) is 4.41. The molecule has 0 aromatic carbocycles. The highest BCUT2D eigenvalue weighted by Crippen LogP contribution is 2.45. The molecular weight excluding hydrogens is 216 g/mol. The molecule has 1 heterocycles. The molecule has 1 aliphatic heterocycles. The van der Waals surface area contributed by atoms with Crippen LogP contribution in [-0.2, 0) is 9.47 Å². The number of rotatable bonds is 3. The summed E-state index contributed by atoms with van der Waals surface area (Å²) < 4.78 is 11.4. The molecule has 1 spiro atoms. The predicted molar refractivity (Wildman–Crippen MR) is 66.7 cm³/mol. The summed E-state index contributed by atoms with van der Waals surface area (Å²) in [7, 11) is 0. The zero-order valence-electron chi connectivity index (χ0n) is 11.4. The van der Waals surface area contributed by atoms with Crippen LogP contribution in [0.5, 0.6) is 0 Å². The summed E-state index contributed by atoms with van der Waals surface area (Å²) in [6.45, 7) is 8.02. The highest BCUT2D eigenvalue weighted by molar-refractivity contribution is 4.95. The Morgan fingerprint density at radius 1 is 1.06 bits per heavy atom. The lowest BCUT2D eigenvalue weighted by Crippen LogP contribution is -2.48. The summed E-state index contributed by atoms with van der Waals surface area (Å²) in [5.74, 6) is 0.562. The smallest absolute Gasteiger partial charge is 0.168 e. The Labute approximate surface area is 104 Å². The van der Waals surface area contributed by atoms with Crippen molar-refractivity contribution in [2.75, 3.05) is 13.2 Å². The van der Waals surface area contributed by atoms with Gasteiger partial charge in [0.25, 0.3) is 0 Å². The fraction of sp³-hybridized carbons (Fsp3) is 1.00. The van der Waals surface area contributed by atoms with Crippen LogP contribution in [0.4, 0.5) is 0 Å². The number of aliphatic hydroxyl groups is 1. The van der Waals surface area contributed by atoms with E-state index in [2.05, 4.69) is 20.8 Å². The standard InChI is InChI=1S/C14H26O3/c1-4-11(2)12(3)13(15)5-7-14(8-6-13)16-9-10-17-14/h11-12,15H,4-10H2,1-3H3. The molecule has 0 aromatic rings. The Balaban J connectivity index is 1.96. The zero-order valence-corrected chi connectivity index (χ0v) is 11.4. The summed E-state index contributed by atoms with van der Waals surface area (Å²) in [5.41, 5.74) is -0.518. The minimum absolute atomic E-state index is 0.353. The van der Waals surface area contributed by atoms with E-state index in [1.807, 2.05) is 0 Å². The maximum absolute atomic E-state index is 10.8. The predicted octanol–water partition coefficient (Wildman–Crippen LogP) is 2.72. The van der Waals surface area contributed by atoms with Gasteiger partial charge in [-0.05, 0) is 24.7 Å². The zero-order chi connectivity index (χ0) is 12.5. The van der Waals surface area contributed by atoms with Crippen molar-refractivity contribution >= 4 is 0 Å². The molecule has 100 valence electrons. The average molecular weight is 242 g/mol. The molecule has 1 aliphatic carbocycles. The van der Waals surface area contributed by atoms with Crippen molar-refractivity contribution in [3.8, 4) is 0 Å². The van der Waals surface area contributed by atoms with Crippen LogP contribution in [0.25, 0.3) is 0 Å². The third-order valence-corrected chi connectivity index (χ3v) is 5.04. The van der Waals surface area contributed by atoms with Crippen molar-refractivity contribution in [1.29, 1.82) is 0 Å². The maximum Gasteiger partial charge on any atom is 0.168 e. The molecule has 1 saturated carbocycles. The SMILES string of the molecule is CCC(C)C(C)C1(O)CCC2(CC1)OCCO2. The van der Waals surface area contributed by atoms with Gasteiger partial charge in [-0.15, -0.1) is 0 Å². The molecule has 1 N–H and O–H groups in total. The van der Waals surface area contributed by atoms with E-state index in [-0.39, 0.29) is 5.79 Å². The van der Waals surface area contributed by atoms with Crippen LogP contribution >= 0.6 is 0 Å². The van der Waals surface area contributed by atoms with Crippen molar-refractivity contribution in [2.24, 2.45) is 11.8 Å². The number of ether oxygens (including phenoxy) is 2. The van der Waals surface area contributed by atoms with E-state index in [0.717, 1.165) is 32.1 Å². The van der Waals surface area contributed by atoms with Gasteiger partial charge in [-0.3, -0.25) is 0 Å². The number of hydrogen-bond donors (Lipinski definition) is 1.